The summed E-state index contributed by atoms with van der Waals surface area (Å²) in [6.45, 7) is 1.93. The van der Waals surface area contributed by atoms with Crippen molar-refractivity contribution in [2.24, 2.45) is 5.73 Å². The molecule has 0 aliphatic rings. The van der Waals surface area contributed by atoms with Crippen LogP contribution in [0.4, 0.5) is 0 Å². The van der Waals surface area contributed by atoms with Crippen LogP contribution in [0.2, 0.25) is 0 Å². The fourth-order valence-electron chi connectivity index (χ4n) is 1.52. The van der Waals surface area contributed by atoms with E-state index in [1.165, 1.54) is 6.26 Å². The molecular weight excluding hydrogens is 210 g/mol. The van der Waals surface area contributed by atoms with Crippen LogP contribution >= 0.6 is 0 Å². The van der Waals surface area contributed by atoms with Gasteiger partial charge < -0.3 is 5.73 Å². The Morgan fingerprint density at radius 1 is 1.33 bits per heavy atom. The van der Waals surface area contributed by atoms with Crippen molar-refractivity contribution in [1.82, 2.24) is 0 Å². The Morgan fingerprint density at radius 2 is 1.93 bits per heavy atom. The topological polar surface area (TPSA) is 60.2 Å². The van der Waals surface area contributed by atoms with Crippen molar-refractivity contribution in [3.63, 3.8) is 0 Å². The lowest BCUT2D eigenvalue weighted by molar-refractivity contribution is 0.601. The first-order valence-electron chi connectivity index (χ1n) is 4.88. The average molecular weight is 227 g/mol. The van der Waals surface area contributed by atoms with E-state index in [2.05, 4.69) is 0 Å². The summed E-state index contributed by atoms with van der Waals surface area (Å²) < 4.78 is 22.2. The second-order valence-electron chi connectivity index (χ2n) is 4.07. The predicted molar refractivity (Wildman–Crippen MR) is 62.3 cm³/mol. The Kier molecular flexibility index (Phi) is 3.88. The van der Waals surface area contributed by atoms with Gasteiger partial charge in [-0.25, -0.2) is 8.42 Å². The maximum atomic E-state index is 11.1. The quantitative estimate of drug-likeness (QED) is 0.838. The van der Waals surface area contributed by atoms with Crippen LogP contribution in [0.5, 0.6) is 0 Å². The first kappa shape index (κ1) is 12.2. The van der Waals surface area contributed by atoms with E-state index in [1.807, 2.05) is 31.2 Å². The summed E-state index contributed by atoms with van der Waals surface area (Å²) in [5, 5.41) is 0. The molecule has 0 bridgehead atoms. The molecule has 0 spiro atoms. The molecular formula is C11H17NO2S. The molecule has 1 atom stereocenters. The molecule has 0 amide bonds. The number of hydrogen-bond donors (Lipinski definition) is 1. The van der Waals surface area contributed by atoms with Gasteiger partial charge in [0.25, 0.3) is 0 Å². The highest BCUT2D eigenvalue weighted by atomic mass is 32.2. The SMILES string of the molecule is CC(N)Cc1cccc(CS(C)(=O)=O)c1. The van der Waals surface area contributed by atoms with E-state index in [-0.39, 0.29) is 11.8 Å². The lowest BCUT2D eigenvalue weighted by atomic mass is 10.1. The van der Waals surface area contributed by atoms with Crippen molar-refractivity contribution in [2.45, 2.75) is 25.1 Å². The standard InChI is InChI=1S/C11H17NO2S/c1-9(12)6-10-4-3-5-11(7-10)8-15(2,13)14/h3-5,7,9H,6,8,12H2,1-2H3. The summed E-state index contributed by atoms with van der Waals surface area (Å²) >= 11 is 0. The van der Waals surface area contributed by atoms with E-state index in [0.29, 0.717) is 0 Å². The number of rotatable bonds is 4. The van der Waals surface area contributed by atoms with E-state index in [4.69, 9.17) is 5.73 Å². The molecule has 0 heterocycles. The largest absolute Gasteiger partial charge is 0.328 e. The van der Waals surface area contributed by atoms with Crippen molar-refractivity contribution in [3.8, 4) is 0 Å². The van der Waals surface area contributed by atoms with Crippen molar-refractivity contribution >= 4 is 9.84 Å². The minimum Gasteiger partial charge on any atom is -0.328 e. The number of sulfone groups is 1. The van der Waals surface area contributed by atoms with E-state index >= 15 is 0 Å². The van der Waals surface area contributed by atoms with Gasteiger partial charge >= 0.3 is 0 Å². The van der Waals surface area contributed by atoms with E-state index in [1.54, 1.807) is 0 Å². The third-order valence-electron chi connectivity index (χ3n) is 1.98. The zero-order valence-corrected chi connectivity index (χ0v) is 9.92. The zero-order chi connectivity index (χ0) is 11.5. The van der Waals surface area contributed by atoms with E-state index in [9.17, 15) is 8.42 Å². The number of nitrogens with two attached hydrogens (primary N) is 1. The van der Waals surface area contributed by atoms with Crippen LogP contribution in [-0.4, -0.2) is 20.7 Å². The van der Waals surface area contributed by atoms with Gasteiger partial charge in [-0.05, 0) is 24.5 Å². The van der Waals surface area contributed by atoms with Crippen molar-refractivity contribution in [1.29, 1.82) is 0 Å². The molecule has 1 aromatic rings. The first-order valence-corrected chi connectivity index (χ1v) is 6.94. The highest BCUT2D eigenvalue weighted by Crippen LogP contribution is 2.10. The summed E-state index contributed by atoms with van der Waals surface area (Å²) in [4.78, 5) is 0. The van der Waals surface area contributed by atoms with Crippen molar-refractivity contribution in [2.75, 3.05) is 6.26 Å². The third kappa shape index (κ3) is 4.95. The first-order chi connectivity index (χ1) is 6.87. The van der Waals surface area contributed by atoms with Crippen LogP contribution in [0.1, 0.15) is 18.1 Å². The molecule has 2 N–H and O–H groups in total. The van der Waals surface area contributed by atoms with Gasteiger partial charge in [-0.1, -0.05) is 24.3 Å². The molecule has 4 heteroatoms. The normalized spacial score (nSPS) is 13.8. The minimum absolute atomic E-state index is 0.0958. The van der Waals surface area contributed by atoms with Gasteiger partial charge in [0, 0.05) is 12.3 Å². The summed E-state index contributed by atoms with van der Waals surface area (Å²) in [6, 6.07) is 7.67. The summed E-state index contributed by atoms with van der Waals surface area (Å²) in [5.41, 5.74) is 7.60. The summed E-state index contributed by atoms with van der Waals surface area (Å²) in [7, 11) is -2.95. The Morgan fingerprint density at radius 3 is 2.47 bits per heavy atom. The molecule has 0 saturated heterocycles. The lowest BCUT2D eigenvalue weighted by Crippen LogP contribution is -2.17. The van der Waals surface area contributed by atoms with Gasteiger partial charge in [0.2, 0.25) is 0 Å². The molecule has 0 saturated carbocycles. The van der Waals surface area contributed by atoms with Crippen LogP contribution in [0.15, 0.2) is 24.3 Å². The smallest absolute Gasteiger partial charge is 0.151 e. The fraction of sp³-hybridized carbons (Fsp3) is 0.455. The van der Waals surface area contributed by atoms with Crippen molar-refractivity contribution in [3.05, 3.63) is 35.4 Å². The molecule has 3 nitrogen and oxygen atoms in total. The van der Waals surface area contributed by atoms with Gasteiger partial charge in [-0.3, -0.25) is 0 Å². The fourth-order valence-corrected chi connectivity index (χ4v) is 2.31. The number of benzene rings is 1. The molecule has 15 heavy (non-hydrogen) atoms. The zero-order valence-electron chi connectivity index (χ0n) is 9.10. The van der Waals surface area contributed by atoms with Gasteiger partial charge in [0.1, 0.15) is 0 Å². The molecule has 1 aromatic carbocycles. The maximum absolute atomic E-state index is 11.1. The minimum atomic E-state index is -2.95. The van der Waals surface area contributed by atoms with Crippen molar-refractivity contribution < 1.29 is 8.42 Å². The van der Waals surface area contributed by atoms with Gasteiger partial charge in [-0.2, -0.15) is 0 Å². The Bertz CT molecular complexity index is 424. The Balaban J connectivity index is 2.83. The molecule has 0 fully saturated rings. The lowest BCUT2D eigenvalue weighted by Gasteiger charge is -2.07. The Hall–Kier alpha value is -0.870. The molecule has 1 rings (SSSR count). The van der Waals surface area contributed by atoms with Gasteiger partial charge in [0.15, 0.2) is 9.84 Å². The molecule has 0 radical (unpaired) electrons. The van der Waals surface area contributed by atoms with Crippen LogP contribution < -0.4 is 5.73 Å². The molecule has 0 aromatic heterocycles. The average Bonchev–Trinajstić information content (AvgIpc) is 1.99. The molecule has 84 valence electrons. The van der Waals surface area contributed by atoms with Crippen LogP contribution in [-0.2, 0) is 22.0 Å². The molecule has 0 aliphatic carbocycles. The van der Waals surface area contributed by atoms with Gasteiger partial charge in [0.05, 0.1) is 5.75 Å². The number of hydrogen-bond acceptors (Lipinski definition) is 3. The monoisotopic (exact) mass is 227 g/mol. The second kappa shape index (κ2) is 4.77. The highest BCUT2D eigenvalue weighted by molar-refractivity contribution is 7.89. The maximum Gasteiger partial charge on any atom is 0.151 e. The van der Waals surface area contributed by atoms with Crippen LogP contribution in [0, 0.1) is 0 Å². The second-order valence-corrected chi connectivity index (χ2v) is 6.21. The van der Waals surface area contributed by atoms with E-state index < -0.39 is 9.84 Å². The highest BCUT2D eigenvalue weighted by Gasteiger charge is 2.05. The predicted octanol–water partition coefficient (Wildman–Crippen LogP) is 1.12. The summed E-state index contributed by atoms with van der Waals surface area (Å²) in [5.74, 6) is 0.0970. The van der Waals surface area contributed by atoms with Crippen LogP contribution in [0.3, 0.4) is 0 Å². The van der Waals surface area contributed by atoms with Gasteiger partial charge in [-0.15, -0.1) is 0 Å². The van der Waals surface area contributed by atoms with E-state index in [0.717, 1.165) is 17.5 Å². The Labute approximate surface area is 91.2 Å². The molecule has 1 unspecified atom stereocenters. The van der Waals surface area contributed by atoms with Crippen LogP contribution in [0.25, 0.3) is 0 Å². The molecule has 0 aliphatic heterocycles. The summed E-state index contributed by atoms with van der Waals surface area (Å²) in [6.07, 6.45) is 2.02. The third-order valence-corrected chi connectivity index (χ3v) is 2.84.